The zero-order valence-electron chi connectivity index (χ0n) is 11.7. The summed E-state index contributed by atoms with van der Waals surface area (Å²) in [6.07, 6.45) is 5.49. The number of carbonyl (C=O) groups is 1. The van der Waals surface area contributed by atoms with E-state index in [-0.39, 0.29) is 12.2 Å². The first-order valence-electron chi connectivity index (χ1n) is 6.29. The number of carboxylic acids is 1. The zero-order chi connectivity index (χ0) is 14.7. The van der Waals surface area contributed by atoms with Crippen LogP contribution in [0.25, 0.3) is 0 Å². The molecule has 0 aromatic carbocycles. The van der Waals surface area contributed by atoms with Crippen LogP contribution in [0.3, 0.4) is 0 Å². The average molecular weight is 270 g/mol. The van der Waals surface area contributed by atoms with Gasteiger partial charge in [-0.3, -0.25) is 4.79 Å². The Bertz CT molecular complexity index is 319. The number of hydrogen-bond donors (Lipinski definition) is 1. The lowest BCUT2D eigenvalue weighted by Gasteiger charge is -2.53. The third kappa shape index (κ3) is 3.89. The van der Waals surface area contributed by atoms with E-state index in [0.717, 1.165) is 19.8 Å². The van der Waals surface area contributed by atoms with Gasteiger partial charge in [0.25, 0.3) is 5.97 Å². The SMILES string of the molecule is C=CC1(OC2(C=C)CC(C)O2)CC(C)O1.CC(=O)O. The second-order valence-corrected chi connectivity index (χ2v) is 4.92. The van der Waals surface area contributed by atoms with Crippen LogP contribution in [-0.2, 0) is 19.0 Å². The Balaban J connectivity index is 0.000000399. The van der Waals surface area contributed by atoms with Gasteiger partial charge in [0.1, 0.15) is 0 Å². The quantitative estimate of drug-likeness (QED) is 0.795. The molecule has 0 bridgehead atoms. The van der Waals surface area contributed by atoms with E-state index in [1.54, 1.807) is 12.2 Å². The Labute approximate surface area is 113 Å². The molecule has 0 radical (unpaired) electrons. The fraction of sp³-hybridized carbons (Fsp3) is 0.643. The van der Waals surface area contributed by atoms with Crippen molar-refractivity contribution in [1.29, 1.82) is 0 Å². The van der Waals surface area contributed by atoms with Crippen molar-refractivity contribution in [2.24, 2.45) is 0 Å². The number of hydrogen-bond acceptors (Lipinski definition) is 4. The Hall–Kier alpha value is -1.17. The van der Waals surface area contributed by atoms with Crippen molar-refractivity contribution in [3.63, 3.8) is 0 Å². The topological polar surface area (TPSA) is 65.0 Å². The van der Waals surface area contributed by atoms with E-state index in [2.05, 4.69) is 13.2 Å². The summed E-state index contributed by atoms with van der Waals surface area (Å²) in [5, 5.41) is 7.42. The van der Waals surface area contributed by atoms with Gasteiger partial charge in [0.2, 0.25) is 0 Å². The fourth-order valence-corrected chi connectivity index (χ4v) is 2.23. The molecule has 2 saturated heterocycles. The largest absolute Gasteiger partial charge is 0.481 e. The molecule has 4 atom stereocenters. The fourth-order valence-electron chi connectivity index (χ4n) is 2.23. The van der Waals surface area contributed by atoms with E-state index in [9.17, 15) is 0 Å². The van der Waals surface area contributed by atoms with Gasteiger partial charge in [0, 0.05) is 19.8 Å². The predicted octanol–water partition coefficient (Wildman–Crippen LogP) is 2.48. The van der Waals surface area contributed by atoms with Crippen LogP contribution in [0.15, 0.2) is 25.3 Å². The minimum absolute atomic E-state index is 0.224. The second kappa shape index (κ2) is 5.86. The van der Waals surface area contributed by atoms with Gasteiger partial charge < -0.3 is 19.3 Å². The van der Waals surface area contributed by atoms with Crippen LogP contribution in [0.4, 0.5) is 0 Å². The van der Waals surface area contributed by atoms with Gasteiger partial charge >= 0.3 is 0 Å². The summed E-state index contributed by atoms with van der Waals surface area (Å²) in [7, 11) is 0. The molecule has 2 aliphatic rings. The molecular formula is C14H22O5. The molecule has 108 valence electrons. The van der Waals surface area contributed by atoms with Gasteiger partial charge in [0.15, 0.2) is 11.6 Å². The molecule has 0 spiro atoms. The highest BCUT2D eigenvalue weighted by Crippen LogP contribution is 2.44. The molecule has 0 aliphatic carbocycles. The molecule has 5 heteroatoms. The van der Waals surface area contributed by atoms with E-state index in [0.29, 0.717) is 0 Å². The third-order valence-electron chi connectivity index (χ3n) is 2.91. The van der Waals surface area contributed by atoms with Gasteiger partial charge in [-0.05, 0) is 26.0 Å². The van der Waals surface area contributed by atoms with E-state index in [4.69, 9.17) is 24.1 Å². The van der Waals surface area contributed by atoms with E-state index < -0.39 is 17.5 Å². The molecule has 0 saturated carbocycles. The van der Waals surface area contributed by atoms with Gasteiger partial charge in [0.05, 0.1) is 12.2 Å². The van der Waals surface area contributed by atoms with E-state index in [1.807, 2.05) is 13.8 Å². The molecular weight excluding hydrogens is 248 g/mol. The maximum absolute atomic E-state index is 9.00. The molecule has 2 aliphatic heterocycles. The summed E-state index contributed by atoms with van der Waals surface area (Å²) in [5.41, 5.74) is 0. The van der Waals surface area contributed by atoms with E-state index >= 15 is 0 Å². The normalized spacial score (nSPS) is 39.9. The number of carboxylic acid groups (broad SMARTS) is 1. The molecule has 0 amide bonds. The monoisotopic (exact) mass is 270 g/mol. The first kappa shape index (κ1) is 15.9. The van der Waals surface area contributed by atoms with Crippen molar-refractivity contribution in [2.75, 3.05) is 0 Å². The predicted molar refractivity (Wildman–Crippen MR) is 70.6 cm³/mol. The number of rotatable bonds is 4. The summed E-state index contributed by atoms with van der Waals surface area (Å²) in [4.78, 5) is 9.00. The molecule has 1 N–H and O–H groups in total. The molecule has 5 nitrogen and oxygen atoms in total. The minimum Gasteiger partial charge on any atom is -0.481 e. The van der Waals surface area contributed by atoms with Crippen LogP contribution in [-0.4, -0.2) is 34.9 Å². The third-order valence-corrected chi connectivity index (χ3v) is 2.91. The highest BCUT2D eigenvalue weighted by Gasteiger charge is 2.52. The van der Waals surface area contributed by atoms with Gasteiger partial charge in [-0.15, -0.1) is 0 Å². The summed E-state index contributed by atoms with van der Waals surface area (Å²) in [6.45, 7) is 12.6. The number of aliphatic carboxylic acids is 1. The maximum atomic E-state index is 9.00. The van der Waals surface area contributed by atoms with Gasteiger partial charge in [-0.25, -0.2) is 0 Å². The Morgan fingerprint density at radius 3 is 1.63 bits per heavy atom. The molecule has 4 unspecified atom stereocenters. The van der Waals surface area contributed by atoms with Crippen LogP contribution in [0.5, 0.6) is 0 Å². The molecule has 0 aromatic rings. The van der Waals surface area contributed by atoms with E-state index in [1.165, 1.54) is 0 Å². The molecule has 2 fully saturated rings. The first-order chi connectivity index (χ1) is 8.76. The van der Waals surface area contributed by atoms with Crippen molar-refractivity contribution in [1.82, 2.24) is 0 Å². The molecule has 19 heavy (non-hydrogen) atoms. The first-order valence-corrected chi connectivity index (χ1v) is 6.29. The Morgan fingerprint density at radius 2 is 1.47 bits per heavy atom. The zero-order valence-corrected chi connectivity index (χ0v) is 11.7. The van der Waals surface area contributed by atoms with Gasteiger partial charge in [-0.1, -0.05) is 13.2 Å². The summed E-state index contributed by atoms with van der Waals surface area (Å²) >= 11 is 0. The van der Waals surface area contributed by atoms with Crippen molar-refractivity contribution >= 4 is 5.97 Å². The van der Waals surface area contributed by atoms with Crippen LogP contribution >= 0.6 is 0 Å². The summed E-state index contributed by atoms with van der Waals surface area (Å²) in [6, 6.07) is 0. The van der Waals surface area contributed by atoms with Crippen molar-refractivity contribution in [2.45, 2.75) is 57.4 Å². The van der Waals surface area contributed by atoms with Crippen LogP contribution in [0, 0.1) is 0 Å². The second-order valence-electron chi connectivity index (χ2n) is 4.92. The Kier molecular flexibility index (Phi) is 4.90. The molecule has 0 aromatic heterocycles. The highest BCUT2D eigenvalue weighted by atomic mass is 16.8. The van der Waals surface area contributed by atoms with Crippen molar-refractivity contribution < 1.29 is 24.1 Å². The van der Waals surface area contributed by atoms with Gasteiger partial charge in [-0.2, -0.15) is 0 Å². The molecule has 2 heterocycles. The van der Waals surface area contributed by atoms with Crippen LogP contribution in [0.2, 0.25) is 0 Å². The molecule has 2 rings (SSSR count). The smallest absolute Gasteiger partial charge is 0.300 e. The Morgan fingerprint density at radius 1 is 1.21 bits per heavy atom. The standard InChI is InChI=1S/C12H18O3.C2H4O2/c1-5-11(7-9(3)13-11)15-12(6-2)8-10(4)14-12;1-2(3)4/h5-6,9-10H,1-2,7-8H2,3-4H3;1H3,(H,3,4). The maximum Gasteiger partial charge on any atom is 0.300 e. The van der Waals surface area contributed by atoms with Crippen molar-refractivity contribution in [3.8, 4) is 0 Å². The van der Waals surface area contributed by atoms with Crippen molar-refractivity contribution in [3.05, 3.63) is 25.3 Å². The average Bonchev–Trinajstić information content (AvgIpc) is 2.23. The summed E-state index contributed by atoms with van der Waals surface area (Å²) in [5.74, 6) is -2.18. The highest BCUT2D eigenvalue weighted by molar-refractivity contribution is 5.62. The lowest BCUT2D eigenvalue weighted by Crippen LogP contribution is -2.60. The lowest BCUT2D eigenvalue weighted by atomic mass is 9.98. The number of ether oxygens (including phenoxy) is 3. The minimum atomic E-state index is -0.833. The lowest BCUT2D eigenvalue weighted by molar-refractivity contribution is -0.421. The van der Waals surface area contributed by atoms with Crippen LogP contribution < -0.4 is 0 Å². The summed E-state index contributed by atoms with van der Waals surface area (Å²) < 4.78 is 17.0. The van der Waals surface area contributed by atoms with Crippen LogP contribution in [0.1, 0.15) is 33.6 Å².